The van der Waals surface area contributed by atoms with Gasteiger partial charge in [-0.1, -0.05) is 42.5 Å². The smallest absolute Gasteiger partial charge is 0.415 e. The number of likely N-dealkylation sites (tertiary alicyclic amines) is 1. The Morgan fingerprint density at radius 2 is 1.51 bits per heavy atom. The third-order valence-electron chi connectivity index (χ3n) is 7.93. The van der Waals surface area contributed by atoms with E-state index >= 15 is 0 Å². The van der Waals surface area contributed by atoms with E-state index in [1.807, 2.05) is 83.3 Å². The Labute approximate surface area is 271 Å². The fourth-order valence-electron chi connectivity index (χ4n) is 5.63. The van der Waals surface area contributed by atoms with Crippen molar-refractivity contribution in [1.82, 2.24) is 4.90 Å². The topological polar surface area (TPSA) is 82.1 Å². The lowest BCUT2D eigenvalue weighted by Gasteiger charge is -2.30. The number of esters is 1. The van der Waals surface area contributed by atoms with Crippen LogP contribution >= 0.6 is 11.8 Å². The van der Waals surface area contributed by atoms with Crippen LogP contribution in [0.25, 0.3) is 0 Å². The van der Waals surface area contributed by atoms with Crippen LogP contribution in [0.3, 0.4) is 0 Å². The van der Waals surface area contributed by atoms with Crippen molar-refractivity contribution in [2.24, 2.45) is 11.8 Å². The van der Waals surface area contributed by atoms with Crippen molar-refractivity contribution in [2.45, 2.75) is 77.4 Å². The number of hydrogen-bond acceptors (Lipinski definition) is 7. The second kappa shape index (κ2) is 14.1. The van der Waals surface area contributed by atoms with Gasteiger partial charge < -0.3 is 19.1 Å². The Kier molecular flexibility index (Phi) is 10.7. The number of carbonyl (C=O) groups is 3. The van der Waals surface area contributed by atoms with Crippen molar-refractivity contribution < 1.29 is 28.6 Å². The molecule has 1 aliphatic heterocycles. The Balaban J connectivity index is 1.50. The van der Waals surface area contributed by atoms with Gasteiger partial charge in [-0.2, -0.15) is 0 Å². The van der Waals surface area contributed by atoms with Gasteiger partial charge >= 0.3 is 12.1 Å². The van der Waals surface area contributed by atoms with Crippen molar-refractivity contribution >= 4 is 29.6 Å². The molecule has 0 spiro atoms. The van der Waals surface area contributed by atoms with Gasteiger partial charge in [-0.3, -0.25) is 4.79 Å². The average molecular weight is 632 g/mol. The van der Waals surface area contributed by atoms with E-state index in [4.69, 9.17) is 14.2 Å². The van der Waals surface area contributed by atoms with Crippen molar-refractivity contribution in [2.75, 3.05) is 19.3 Å². The average Bonchev–Trinajstić information content (AvgIpc) is 3.42. The molecule has 0 bridgehead atoms. The standard InChI is InChI=1S/C37H45NO6S/c1-24-20-26(21-25(2)33(24)43-37(6,7)34(40)44-36(3,4)5)14-15-28-22-38(35(41)42-29-12-10-9-11-13-29)23-31(28)32(39)27-16-18-30(45-8)19-17-27/h9-13,16-21,28,31H,14-15,22-23H2,1-8H3/t28-,31-/m0/s1. The largest absolute Gasteiger partial charge is 0.476 e. The number of hydrogen-bond donors (Lipinski definition) is 0. The lowest BCUT2D eigenvalue weighted by atomic mass is 9.84. The molecule has 0 saturated carbocycles. The fraction of sp³-hybridized carbons (Fsp3) is 0.432. The molecule has 0 radical (unpaired) electrons. The van der Waals surface area contributed by atoms with Crippen molar-refractivity contribution in [3.63, 3.8) is 0 Å². The summed E-state index contributed by atoms with van der Waals surface area (Å²) in [6, 6.07) is 20.8. The third kappa shape index (κ3) is 8.91. The van der Waals surface area contributed by atoms with Crippen LogP contribution in [0.4, 0.5) is 4.79 Å². The number of amides is 1. The minimum Gasteiger partial charge on any atom is -0.476 e. The van der Waals surface area contributed by atoms with Crippen LogP contribution in [-0.4, -0.2) is 53.3 Å². The first-order valence-electron chi connectivity index (χ1n) is 15.4. The maximum atomic E-state index is 13.8. The highest BCUT2D eigenvalue weighted by atomic mass is 32.2. The van der Waals surface area contributed by atoms with Crippen molar-refractivity contribution in [3.05, 3.63) is 89.0 Å². The molecular formula is C37H45NO6S. The molecule has 1 aliphatic rings. The number of ketones is 1. The van der Waals surface area contributed by atoms with Gasteiger partial charge in [0.05, 0.1) is 0 Å². The summed E-state index contributed by atoms with van der Waals surface area (Å²) in [6.07, 6.45) is 3.00. The summed E-state index contributed by atoms with van der Waals surface area (Å²) < 4.78 is 17.4. The van der Waals surface area contributed by atoms with E-state index < -0.39 is 23.3 Å². The van der Waals surface area contributed by atoms with E-state index in [0.717, 1.165) is 34.4 Å². The van der Waals surface area contributed by atoms with Crippen LogP contribution in [0, 0.1) is 25.7 Å². The van der Waals surface area contributed by atoms with E-state index in [1.54, 1.807) is 42.6 Å². The molecule has 7 nitrogen and oxygen atoms in total. The molecule has 1 heterocycles. The summed E-state index contributed by atoms with van der Waals surface area (Å²) in [5.74, 6) is 0.379. The van der Waals surface area contributed by atoms with E-state index in [0.29, 0.717) is 30.2 Å². The van der Waals surface area contributed by atoms with Gasteiger partial charge in [-0.15, -0.1) is 11.8 Å². The monoisotopic (exact) mass is 631 g/mol. The number of rotatable bonds is 10. The first-order valence-corrected chi connectivity index (χ1v) is 16.6. The molecule has 0 aromatic heterocycles. The summed E-state index contributed by atoms with van der Waals surface area (Å²) in [5.41, 5.74) is 1.82. The number of ether oxygens (including phenoxy) is 3. The fourth-order valence-corrected chi connectivity index (χ4v) is 6.04. The minimum atomic E-state index is -1.16. The first-order chi connectivity index (χ1) is 21.2. The molecule has 240 valence electrons. The molecule has 0 aliphatic carbocycles. The summed E-state index contributed by atoms with van der Waals surface area (Å²) in [4.78, 5) is 42.5. The van der Waals surface area contributed by atoms with Gasteiger partial charge in [0.15, 0.2) is 11.4 Å². The van der Waals surface area contributed by atoms with Crippen molar-refractivity contribution in [3.8, 4) is 11.5 Å². The second-order valence-corrected chi connectivity index (χ2v) is 14.1. The van der Waals surface area contributed by atoms with Gasteiger partial charge in [0.2, 0.25) is 0 Å². The molecule has 45 heavy (non-hydrogen) atoms. The maximum Gasteiger partial charge on any atom is 0.415 e. The van der Waals surface area contributed by atoms with E-state index in [2.05, 4.69) is 12.1 Å². The zero-order valence-corrected chi connectivity index (χ0v) is 28.5. The van der Waals surface area contributed by atoms with E-state index in [1.165, 1.54) is 0 Å². The molecule has 8 heteroatoms. The third-order valence-corrected chi connectivity index (χ3v) is 8.67. The summed E-state index contributed by atoms with van der Waals surface area (Å²) >= 11 is 1.63. The number of para-hydroxylation sites is 1. The van der Waals surface area contributed by atoms with E-state index in [-0.39, 0.29) is 17.6 Å². The van der Waals surface area contributed by atoms with Crippen molar-refractivity contribution in [1.29, 1.82) is 0 Å². The summed E-state index contributed by atoms with van der Waals surface area (Å²) in [7, 11) is 0. The maximum absolute atomic E-state index is 13.8. The summed E-state index contributed by atoms with van der Waals surface area (Å²) in [5, 5.41) is 0. The molecular weight excluding hydrogens is 586 g/mol. The quantitative estimate of drug-likeness (QED) is 0.127. The minimum absolute atomic E-state index is 0.0382. The molecule has 3 aromatic rings. The highest BCUT2D eigenvalue weighted by Gasteiger charge is 2.40. The predicted molar refractivity (Wildman–Crippen MR) is 178 cm³/mol. The van der Waals surface area contributed by atoms with Crippen LogP contribution in [0.5, 0.6) is 11.5 Å². The number of thioether (sulfide) groups is 1. The second-order valence-electron chi connectivity index (χ2n) is 13.3. The lowest BCUT2D eigenvalue weighted by molar-refractivity contribution is -0.171. The highest BCUT2D eigenvalue weighted by Crippen LogP contribution is 2.34. The Hall–Kier alpha value is -3.78. The number of aryl methyl sites for hydroxylation is 3. The molecule has 1 amide bonds. The first kappa shape index (κ1) is 34.1. The van der Waals surface area contributed by atoms with Crippen LogP contribution in [-0.2, 0) is 16.0 Å². The molecule has 0 unspecified atom stereocenters. The highest BCUT2D eigenvalue weighted by molar-refractivity contribution is 7.98. The number of carbonyl (C=O) groups excluding carboxylic acids is 3. The SMILES string of the molecule is CSc1ccc(C(=O)[C@H]2CN(C(=O)Oc3ccccc3)C[C@@H]2CCc2cc(C)c(OC(C)(C)C(=O)OC(C)(C)C)c(C)c2)cc1. The van der Waals surface area contributed by atoms with Gasteiger partial charge in [-0.05, 0) is 114 Å². The zero-order valence-electron chi connectivity index (χ0n) is 27.6. The Bertz CT molecular complexity index is 1490. The molecule has 0 N–H and O–H groups in total. The molecule has 1 fully saturated rings. The van der Waals surface area contributed by atoms with Crippen LogP contribution < -0.4 is 9.47 Å². The van der Waals surface area contributed by atoms with Gasteiger partial charge in [0.1, 0.15) is 17.1 Å². The predicted octanol–water partition coefficient (Wildman–Crippen LogP) is 8.09. The number of nitrogens with zero attached hydrogens (tertiary/aromatic N) is 1. The molecule has 2 atom stereocenters. The van der Waals surface area contributed by atoms with Crippen LogP contribution in [0.2, 0.25) is 0 Å². The van der Waals surface area contributed by atoms with Crippen LogP contribution in [0.1, 0.15) is 68.1 Å². The molecule has 1 saturated heterocycles. The normalized spacial score (nSPS) is 16.8. The van der Waals surface area contributed by atoms with Gasteiger partial charge in [0, 0.05) is 29.5 Å². The Morgan fingerprint density at radius 3 is 2.09 bits per heavy atom. The van der Waals surface area contributed by atoms with Crippen LogP contribution in [0.15, 0.2) is 71.6 Å². The van der Waals surface area contributed by atoms with Gasteiger partial charge in [0.25, 0.3) is 0 Å². The number of benzene rings is 3. The lowest BCUT2D eigenvalue weighted by Crippen LogP contribution is -2.43. The van der Waals surface area contributed by atoms with Gasteiger partial charge in [-0.25, -0.2) is 9.59 Å². The Morgan fingerprint density at radius 1 is 0.889 bits per heavy atom. The zero-order chi connectivity index (χ0) is 32.9. The van der Waals surface area contributed by atoms with E-state index in [9.17, 15) is 14.4 Å². The molecule has 4 rings (SSSR count). The summed E-state index contributed by atoms with van der Waals surface area (Å²) in [6.45, 7) is 13.6. The number of Topliss-reactive ketones (excluding diaryl/α,β-unsaturated/α-hetero) is 1. The molecule has 3 aromatic carbocycles.